The molecular weight excluding hydrogens is 282 g/mol. The molecule has 2 N–H and O–H groups in total. The number of nitrogens with zero attached hydrogens (tertiary/aromatic N) is 3. The summed E-state index contributed by atoms with van der Waals surface area (Å²) in [6, 6.07) is 14.1. The first-order valence-corrected chi connectivity index (χ1v) is 6.55. The molecule has 0 aliphatic carbocycles. The van der Waals surface area contributed by atoms with Crippen molar-refractivity contribution >= 4 is 11.6 Å². The molecule has 22 heavy (non-hydrogen) atoms. The molecule has 0 radical (unpaired) electrons. The molecule has 0 aliphatic rings. The van der Waals surface area contributed by atoms with E-state index in [1.54, 1.807) is 43.5 Å². The van der Waals surface area contributed by atoms with Gasteiger partial charge in [0.2, 0.25) is 5.82 Å². The van der Waals surface area contributed by atoms with Gasteiger partial charge in [-0.2, -0.15) is 5.21 Å². The average molecular weight is 295 g/mol. The van der Waals surface area contributed by atoms with E-state index in [0.29, 0.717) is 22.8 Å². The van der Waals surface area contributed by atoms with Gasteiger partial charge in [-0.05, 0) is 29.5 Å². The number of ether oxygens (including phenoxy) is 1. The largest absolute Gasteiger partial charge is 0.497 e. The van der Waals surface area contributed by atoms with Crippen molar-refractivity contribution in [1.82, 2.24) is 20.6 Å². The fraction of sp³-hybridized carbons (Fsp3) is 0.0667. The van der Waals surface area contributed by atoms with E-state index in [9.17, 15) is 4.79 Å². The number of amides is 1. The van der Waals surface area contributed by atoms with Gasteiger partial charge in [0.15, 0.2) is 0 Å². The summed E-state index contributed by atoms with van der Waals surface area (Å²) in [4.78, 5) is 12.2. The van der Waals surface area contributed by atoms with Crippen molar-refractivity contribution in [3.05, 3.63) is 54.1 Å². The summed E-state index contributed by atoms with van der Waals surface area (Å²) in [6.07, 6.45) is 0. The highest BCUT2D eigenvalue weighted by Gasteiger charge is 2.08. The molecule has 3 rings (SSSR count). The van der Waals surface area contributed by atoms with Crippen LogP contribution in [0.5, 0.6) is 5.75 Å². The molecule has 7 heteroatoms. The van der Waals surface area contributed by atoms with Crippen LogP contribution in [0.3, 0.4) is 0 Å². The zero-order chi connectivity index (χ0) is 15.4. The van der Waals surface area contributed by atoms with Crippen LogP contribution in [0.25, 0.3) is 11.4 Å². The molecule has 0 fully saturated rings. The first kappa shape index (κ1) is 13.7. The van der Waals surface area contributed by atoms with Gasteiger partial charge in [-0.1, -0.05) is 18.2 Å². The highest BCUT2D eigenvalue weighted by molar-refractivity contribution is 6.04. The molecule has 0 saturated carbocycles. The summed E-state index contributed by atoms with van der Waals surface area (Å²) in [5.41, 5.74) is 1.99. The number of carbonyl (C=O) groups excluding carboxylic acids is 1. The molecule has 0 aliphatic heterocycles. The van der Waals surface area contributed by atoms with Crippen LogP contribution in [0.2, 0.25) is 0 Å². The monoisotopic (exact) mass is 295 g/mol. The molecule has 0 spiro atoms. The van der Waals surface area contributed by atoms with Crippen LogP contribution in [0.4, 0.5) is 5.69 Å². The summed E-state index contributed by atoms with van der Waals surface area (Å²) >= 11 is 0. The predicted octanol–water partition coefficient (Wildman–Crippen LogP) is 2.13. The van der Waals surface area contributed by atoms with Crippen molar-refractivity contribution in [2.75, 3.05) is 12.4 Å². The lowest BCUT2D eigenvalue weighted by Gasteiger charge is -2.07. The Morgan fingerprint density at radius 1 is 1.18 bits per heavy atom. The maximum Gasteiger partial charge on any atom is 0.255 e. The number of anilines is 1. The van der Waals surface area contributed by atoms with Crippen molar-refractivity contribution in [2.24, 2.45) is 0 Å². The van der Waals surface area contributed by atoms with E-state index < -0.39 is 0 Å². The molecule has 1 heterocycles. The quantitative estimate of drug-likeness (QED) is 0.769. The van der Waals surface area contributed by atoms with Crippen LogP contribution in [0.15, 0.2) is 48.5 Å². The molecule has 1 amide bonds. The summed E-state index contributed by atoms with van der Waals surface area (Å²) in [7, 11) is 1.58. The Kier molecular flexibility index (Phi) is 3.78. The number of benzene rings is 2. The van der Waals surface area contributed by atoms with E-state index in [0.717, 1.165) is 5.56 Å². The fourth-order valence-electron chi connectivity index (χ4n) is 1.96. The molecule has 110 valence electrons. The molecule has 2 aromatic carbocycles. The van der Waals surface area contributed by atoms with Crippen molar-refractivity contribution < 1.29 is 9.53 Å². The zero-order valence-electron chi connectivity index (χ0n) is 11.8. The number of hydrogen-bond donors (Lipinski definition) is 2. The fourth-order valence-corrected chi connectivity index (χ4v) is 1.96. The van der Waals surface area contributed by atoms with Gasteiger partial charge in [0, 0.05) is 22.9 Å². The van der Waals surface area contributed by atoms with Gasteiger partial charge in [0.1, 0.15) is 5.75 Å². The number of aromatic nitrogens is 4. The molecular formula is C15H13N5O2. The van der Waals surface area contributed by atoms with Gasteiger partial charge in [-0.15, -0.1) is 10.2 Å². The third-order valence-electron chi connectivity index (χ3n) is 3.08. The molecule has 0 saturated heterocycles. The zero-order valence-corrected chi connectivity index (χ0v) is 11.8. The van der Waals surface area contributed by atoms with E-state index in [4.69, 9.17) is 4.74 Å². The normalized spacial score (nSPS) is 10.2. The van der Waals surface area contributed by atoms with Gasteiger partial charge in [0.25, 0.3) is 5.91 Å². The number of aromatic amines is 1. The Bertz CT molecular complexity index is 769. The Hall–Kier alpha value is -3.22. The van der Waals surface area contributed by atoms with Crippen LogP contribution in [-0.4, -0.2) is 33.6 Å². The average Bonchev–Trinajstić information content (AvgIpc) is 3.09. The van der Waals surface area contributed by atoms with Gasteiger partial charge in [-0.3, -0.25) is 4.79 Å². The van der Waals surface area contributed by atoms with E-state index in [1.807, 2.05) is 12.1 Å². The van der Waals surface area contributed by atoms with Crippen LogP contribution in [0, 0.1) is 0 Å². The minimum atomic E-state index is -0.201. The highest BCUT2D eigenvalue weighted by Crippen LogP contribution is 2.18. The number of tetrazole rings is 1. The second-order valence-corrected chi connectivity index (χ2v) is 4.50. The lowest BCUT2D eigenvalue weighted by molar-refractivity contribution is 0.102. The van der Waals surface area contributed by atoms with Crippen molar-refractivity contribution in [2.45, 2.75) is 0 Å². The summed E-state index contributed by atoms with van der Waals surface area (Å²) in [5.74, 6) is 0.970. The predicted molar refractivity (Wildman–Crippen MR) is 80.6 cm³/mol. The van der Waals surface area contributed by atoms with E-state index >= 15 is 0 Å². The van der Waals surface area contributed by atoms with Gasteiger partial charge >= 0.3 is 0 Å². The molecule has 7 nitrogen and oxygen atoms in total. The smallest absolute Gasteiger partial charge is 0.255 e. The Morgan fingerprint density at radius 3 is 2.68 bits per heavy atom. The van der Waals surface area contributed by atoms with Crippen molar-refractivity contribution in [3.8, 4) is 17.1 Å². The second-order valence-electron chi connectivity index (χ2n) is 4.50. The number of hydrogen-bond acceptors (Lipinski definition) is 5. The number of carbonyl (C=O) groups is 1. The van der Waals surface area contributed by atoms with Gasteiger partial charge < -0.3 is 10.1 Å². The second kappa shape index (κ2) is 6.04. The van der Waals surface area contributed by atoms with Crippen molar-refractivity contribution in [3.63, 3.8) is 0 Å². The minimum absolute atomic E-state index is 0.201. The standard InChI is InChI=1S/C15H13N5O2/c1-22-13-4-2-3-12(9-13)16-15(21)11-7-5-10(6-8-11)14-17-19-20-18-14/h2-9H,1H3,(H,16,21)(H,17,18,19,20). The van der Waals surface area contributed by atoms with Crippen LogP contribution in [0.1, 0.15) is 10.4 Å². The first-order valence-electron chi connectivity index (χ1n) is 6.55. The number of H-pyrrole nitrogens is 1. The number of rotatable bonds is 4. The third-order valence-corrected chi connectivity index (χ3v) is 3.08. The lowest BCUT2D eigenvalue weighted by Crippen LogP contribution is -2.11. The van der Waals surface area contributed by atoms with E-state index in [2.05, 4.69) is 25.9 Å². The van der Waals surface area contributed by atoms with E-state index in [1.165, 1.54) is 0 Å². The first-order chi connectivity index (χ1) is 10.8. The van der Waals surface area contributed by atoms with Crippen LogP contribution in [-0.2, 0) is 0 Å². The molecule has 3 aromatic rings. The van der Waals surface area contributed by atoms with Crippen molar-refractivity contribution in [1.29, 1.82) is 0 Å². The SMILES string of the molecule is COc1cccc(NC(=O)c2ccc(-c3nn[nH]n3)cc2)c1. The minimum Gasteiger partial charge on any atom is -0.497 e. The Labute approximate surface area is 126 Å². The van der Waals surface area contributed by atoms with E-state index in [-0.39, 0.29) is 5.91 Å². The summed E-state index contributed by atoms with van der Waals surface area (Å²) < 4.78 is 5.13. The highest BCUT2D eigenvalue weighted by atomic mass is 16.5. The third kappa shape index (κ3) is 2.93. The Balaban J connectivity index is 1.74. The molecule has 0 atom stereocenters. The number of methoxy groups -OCH3 is 1. The molecule has 0 unspecified atom stereocenters. The summed E-state index contributed by atoms with van der Waals surface area (Å²) in [6.45, 7) is 0. The molecule has 0 bridgehead atoms. The maximum atomic E-state index is 12.2. The van der Waals surface area contributed by atoms with Crippen LogP contribution >= 0.6 is 0 Å². The molecule has 1 aromatic heterocycles. The number of nitrogens with one attached hydrogen (secondary N) is 2. The maximum absolute atomic E-state index is 12.2. The van der Waals surface area contributed by atoms with Crippen LogP contribution < -0.4 is 10.1 Å². The van der Waals surface area contributed by atoms with Gasteiger partial charge in [0.05, 0.1) is 7.11 Å². The van der Waals surface area contributed by atoms with Gasteiger partial charge in [-0.25, -0.2) is 0 Å². The summed E-state index contributed by atoms with van der Waals surface area (Å²) in [5, 5.41) is 16.5. The Morgan fingerprint density at radius 2 is 2.00 bits per heavy atom. The topological polar surface area (TPSA) is 92.8 Å². The lowest BCUT2D eigenvalue weighted by atomic mass is 10.1.